The summed E-state index contributed by atoms with van der Waals surface area (Å²) in [5.41, 5.74) is 7.09. The molecule has 1 amide bonds. The van der Waals surface area contributed by atoms with Gasteiger partial charge in [0, 0.05) is 7.05 Å². The van der Waals surface area contributed by atoms with E-state index in [0.29, 0.717) is 5.92 Å². The average molecular weight is 234 g/mol. The predicted octanol–water partition coefficient (Wildman–Crippen LogP) is 2.34. The minimum Gasteiger partial charge on any atom is -0.291 e. The van der Waals surface area contributed by atoms with Gasteiger partial charge in [0.15, 0.2) is 0 Å². The Morgan fingerprint density at radius 3 is 2.12 bits per heavy atom. The Bertz CT molecular complexity index is 380. The van der Waals surface area contributed by atoms with E-state index in [1.165, 1.54) is 5.56 Å². The zero-order valence-corrected chi connectivity index (χ0v) is 11.3. The van der Waals surface area contributed by atoms with E-state index in [0.717, 1.165) is 5.56 Å². The Morgan fingerprint density at radius 2 is 1.71 bits per heavy atom. The minimum absolute atomic E-state index is 0.0303. The first-order chi connectivity index (χ1) is 7.89. The smallest absolute Gasteiger partial charge is 0.244 e. The molecule has 0 aliphatic carbocycles. The van der Waals surface area contributed by atoms with E-state index in [9.17, 15) is 4.79 Å². The lowest BCUT2D eigenvalue weighted by atomic mass is 9.83. The Labute approximate surface area is 104 Å². The molecule has 0 heterocycles. The van der Waals surface area contributed by atoms with Gasteiger partial charge in [0.05, 0.1) is 5.41 Å². The molecule has 0 atom stereocenters. The van der Waals surface area contributed by atoms with Crippen molar-refractivity contribution in [3.05, 3.63) is 35.4 Å². The van der Waals surface area contributed by atoms with Crippen LogP contribution in [0, 0.1) is 0 Å². The molecule has 3 nitrogen and oxygen atoms in total. The van der Waals surface area contributed by atoms with Gasteiger partial charge >= 0.3 is 0 Å². The molecule has 0 unspecified atom stereocenters. The van der Waals surface area contributed by atoms with Crippen LogP contribution in [0.15, 0.2) is 24.3 Å². The number of carbonyl (C=O) groups excluding carboxylic acids is 1. The van der Waals surface area contributed by atoms with Crippen molar-refractivity contribution in [2.75, 3.05) is 7.05 Å². The third-order valence-corrected chi connectivity index (χ3v) is 3.11. The molecule has 1 rings (SSSR count). The highest BCUT2D eigenvalue weighted by Gasteiger charge is 2.29. The molecule has 1 aromatic rings. The summed E-state index contributed by atoms with van der Waals surface area (Å²) in [6.07, 6.45) is 0. The number of rotatable bonds is 4. The lowest BCUT2D eigenvalue weighted by Crippen LogP contribution is -2.45. The topological polar surface area (TPSA) is 41.1 Å². The zero-order chi connectivity index (χ0) is 13.1. The van der Waals surface area contributed by atoms with Gasteiger partial charge in [0.2, 0.25) is 5.91 Å². The Hall–Kier alpha value is -1.35. The van der Waals surface area contributed by atoms with E-state index in [1.54, 1.807) is 7.05 Å². The van der Waals surface area contributed by atoms with Crippen LogP contribution in [0.4, 0.5) is 0 Å². The summed E-state index contributed by atoms with van der Waals surface area (Å²) in [4.78, 5) is 11.9. The van der Waals surface area contributed by atoms with Crippen molar-refractivity contribution >= 4 is 5.91 Å². The predicted molar refractivity (Wildman–Crippen MR) is 70.8 cm³/mol. The van der Waals surface area contributed by atoms with Gasteiger partial charge in [0.25, 0.3) is 0 Å². The van der Waals surface area contributed by atoms with Crippen LogP contribution < -0.4 is 10.9 Å². The number of amides is 1. The number of hydrogen-bond acceptors (Lipinski definition) is 2. The summed E-state index contributed by atoms with van der Waals surface area (Å²) in [5, 5.41) is 0. The van der Waals surface area contributed by atoms with Crippen molar-refractivity contribution in [3.8, 4) is 0 Å². The second-order valence-corrected chi connectivity index (χ2v) is 5.11. The standard InChI is InChI=1S/C14H22N2O/c1-10(2)11-6-8-12(9-7-11)14(3,4)13(17)16-15-5/h6-10,15H,1-5H3,(H,16,17). The van der Waals surface area contributed by atoms with E-state index in [1.807, 2.05) is 26.0 Å². The van der Waals surface area contributed by atoms with Crippen molar-refractivity contribution in [2.24, 2.45) is 0 Å². The highest BCUT2D eigenvalue weighted by molar-refractivity contribution is 5.86. The molecule has 94 valence electrons. The molecule has 0 aliphatic heterocycles. The number of hydrogen-bond donors (Lipinski definition) is 2. The fourth-order valence-electron chi connectivity index (χ4n) is 1.69. The zero-order valence-electron chi connectivity index (χ0n) is 11.3. The fraction of sp³-hybridized carbons (Fsp3) is 0.500. The molecule has 0 fully saturated rings. The second kappa shape index (κ2) is 5.32. The van der Waals surface area contributed by atoms with Crippen LogP contribution in [0.2, 0.25) is 0 Å². The number of benzene rings is 1. The fourth-order valence-corrected chi connectivity index (χ4v) is 1.69. The molecule has 0 aliphatic rings. The highest BCUT2D eigenvalue weighted by Crippen LogP contribution is 2.25. The van der Waals surface area contributed by atoms with Gasteiger partial charge in [-0.1, -0.05) is 38.1 Å². The SMILES string of the molecule is CNNC(=O)C(C)(C)c1ccc(C(C)C)cc1. The molecule has 1 aromatic carbocycles. The third-order valence-electron chi connectivity index (χ3n) is 3.11. The third kappa shape index (κ3) is 3.07. The van der Waals surface area contributed by atoms with Crippen LogP contribution >= 0.6 is 0 Å². The maximum atomic E-state index is 11.9. The maximum absolute atomic E-state index is 11.9. The Kier molecular flexibility index (Phi) is 4.29. The molecular formula is C14H22N2O. The molecule has 0 spiro atoms. The van der Waals surface area contributed by atoms with Crippen LogP contribution in [0.5, 0.6) is 0 Å². The van der Waals surface area contributed by atoms with Gasteiger partial charge < -0.3 is 0 Å². The minimum atomic E-state index is -0.529. The Morgan fingerprint density at radius 1 is 1.18 bits per heavy atom. The van der Waals surface area contributed by atoms with Crippen molar-refractivity contribution in [3.63, 3.8) is 0 Å². The lowest BCUT2D eigenvalue weighted by molar-refractivity contribution is -0.126. The molecule has 17 heavy (non-hydrogen) atoms. The van der Waals surface area contributed by atoms with Gasteiger partial charge in [0.1, 0.15) is 0 Å². The van der Waals surface area contributed by atoms with Crippen LogP contribution in [0.3, 0.4) is 0 Å². The lowest BCUT2D eigenvalue weighted by Gasteiger charge is -2.24. The maximum Gasteiger partial charge on any atom is 0.244 e. The van der Waals surface area contributed by atoms with Crippen molar-refractivity contribution in [1.82, 2.24) is 10.9 Å². The summed E-state index contributed by atoms with van der Waals surface area (Å²) in [6, 6.07) is 8.25. The first-order valence-corrected chi connectivity index (χ1v) is 5.97. The quantitative estimate of drug-likeness (QED) is 0.785. The second-order valence-electron chi connectivity index (χ2n) is 5.11. The van der Waals surface area contributed by atoms with Crippen molar-refractivity contribution in [2.45, 2.75) is 39.0 Å². The van der Waals surface area contributed by atoms with E-state index in [4.69, 9.17) is 0 Å². The first-order valence-electron chi connectivity index (χ1n) is 5.97. The van der Waals surface area contributed by atoms with E-state index < -0.39 is 5.41 Å². The average Bonchev–Trinajstić information content (AvgIpc) is 2.29. The van der Waals surface area contributed by atoms with E-state index in [2.05, 4.69) is 36.8 Å². The van der Waals surface area contributed by atoms with E-state index in [-0.39, 0.29) is 5.91 Å². The van der Waals surface area contributed by atoms with Crippen LogP contribution in [-0.4, -0.2) is 13.0 Å². The normalized spacial score (nSPS) is 11.6. The van der Waals surface area contributed by atoms with Crippen LogP contribution in [0.1, 0.15) is 44.7 Å². The van der Waals surface area contributed by atoms with Crippen LogP contribution in [-0.2, 0) is 10.2 Å². The molecule has 0 saturated carbocycles. The molecule has 0 saturated heterocycles. The number of hydrazine groups is 1. The Balaban J connectivity index is 2.95. The molecule has 0 bridgehead atoms. The van der Waals surface area contributed by atoms with Gasteiger partial charge in [-0.2, -0.15) is 0 Å². The highest BCUT2D eigenvalue weighted by atomic mass is 16.2. The summed E-state index contributed by atoms with van der Waals surface area (Å²) in [5.74, 6) is 0.482. The molecule has 0 radical (unpaired) electrons. The van der Waals surface area contributed by atoms with Crippen LogP contribution in [0.25, 0.3) is 0 Å². The summed E-state index contributed by atoms with van der Waals surface area (Å²) in [6.45, 7) is 8.16. The van der Waals surface area contributed by atoms with E-state index >= 15 is 0 Å². The van der Waals surface area contributed by atoms with Crippen molar-refractivity contribution < 1.29 is 4.79 Å². The first kappa shape index (κ1) is 13.7. The molecule has 2 N–H and O–H groups in total. The number of carbonyl (C=O) groups is 1. The van der Waals surface area contributed by atoms with Gasteiger partial charge in [-0.25, -0.2) is 5.43 Å². The molecular weight excluding hydrogens is 212 g/mol. The largest absolute Gasteiger partial charge is 0.291 e. The monoisotopic (exact) mass is 234 g/mol. The number of nitrogens with one attached hydrogen (secondary N) is 2. The van der Waals surface area contributed by atoms with Gasteiger partial charge in [-0.05, 0) is 30.9 Å². The molecule has 3 heteroatoms. The van der Waals surface area contributed by atoms with Gasteiger partial charge in [-0.3, -0.25) is 10.2 Å². The van der Waals surface area contributed by atoms with Gasteiger partial charge in [-0.15, -0.1) is 0 Å². The summed E-state index contributed by atoms with van der Waals surface area (Å²) in [7, 11) is 1.69. The molecule has 0 aromatic heterocycles. The van der Waals surface area contributed by atoms with Crippen molar-refractivity contribution in [1.29, 1.82) is 0 Å². The summed E-state index contributed by atoms with van der Waals surface area (Å²) < 4.78 is 0. The summed E-state index contributed by atoms with van der Waals surface area (Å²) >= 11 is 0.